The minimum atomic E-state index is 0.142. The summed E-state index contributed by atoms with van der Waals surface area (Å²) >= 11 is 3.57. The maximum atomic E-state index is 6.35. The van der Waals surface area contributed by atoms with Crippen LogP contribution in [0.3, 0.4) is 0 Å². The van der Waals surface area contributed by atoms with Crippen molar-refractivity contribution in [1.29, 1.82) is 0 Å². The first-order valence-electron chi connectivity index (χ1n) is 5.94. The predicted octanol–water partition coefficient (Wildman–Crippen LogP) is 2.97. The first kappa shape index (κ1) is 12.1. The summed E-state index contributed by atoms with van der Waals surface area (Å²) in [6, 6.07) is 8.78. The van der Waals surface area contributed by atoms with Gasteiger partial charge in [0, 0.05) is 16.6 Å². The SMILES string of the molecule is NC1CCC(C(N)c2ccccc2Br)CC1. The van der Waals surface area contributed by atoms with Gasteiger partial charge in [0.15, 0.2) is 0 Å². The van der Waals surface area contributed by atoms with Crippen LogP contribution in [0.25, 0.3) is 0 Å². The molecule has 88 valence electrons. The van der Waals surface area contributed by atoms with Crippen LogP contribution >= 0.6 is 15.9 Å². The van der Waals surface area contributed by atoms with E-state index in [1.807, 2.05) is 6.07 Å². The van der Waals surface area contributed by atoms with Crippen molar-refractivity contribution in [3.8, 4) is 0 Å². The number of halogens is 1. The van der Waals surface area contributed by atoms with E-state index >= 15 is 0 Å². The third-order valence-electron chi connectivity index (χ3n) is 3.59. The molecule has 1 aliphatic rings. The average Bonchev–Trinajstić information content (AvgIpc) is 2.30. The lowest BCUT2D eigenvalue weighted by atomic mass is 9.80. The highest BCUT2D eigenvalue weighted by molar-refractivity contribution is 9.10. The number of benzene rings is 1. The van der Waals surface area contributed by atoms with E-state index in [1.165, 1.54) is 5.56 Å². The number of rotatable bonds is 2. The molecule has 1 aromatic carbocycles. The van der Waals surface area contributed by atoms with Gasteiger partial charge in [0.2, 0.25) is 0 Å². The van der Waals surface area contributed by atoms with E-state index in [1.54, 1.807) is 0 Å². The van der Waals surface area contributed by atoms with Crippen LogP contribution in [-0.4, -0.2) is 6.04 Å². The molecule has 1 aliphatic carbocycles. The van der Waals surface area contributed by atoms with Gasteiger partial charge in [-0.3, -0.25) is 0 Å². The van der Waals surface area contributed by atoms with Crippen LogP contribution in [0.1, 0.15) is 37.3 Å². The van der Waals surface area contributed by atoms with Crippen molar-refractivity contribution in [1.82, 2.24) is 0 Å². The minimum Gasteiger partial charge on any atom is -0.328 e. The minimum absolute atomic E-state index is 0.142. The number of hydrogen-bond acceptors (Lipinski definition) is 2. The molecule has 0 bridgehead atoms. The Kier molecular flexibility index (Phi) is 4.00. The van der Waals surface area contributed by atoms with Crippen LogP contribution in [0.5, 0.6) is 0 Å². The van der Waals surface area contributed by atoms with Crippen molar-refractivity contribution in [2.24, 2.45) is 17.4 Å². The van der Waals surface area contributed by atoms with Crippen LogP contribution in [0.2, 0.25) is 0 Å². The maximum absolute atomic E-state index is 6.35. The Morgan fingerprint density at radius 3 is 2.38 bits per heavy atom. The Bertz CT molecular complexity index is 346. The van der Waals surface area contributed by atoms with Gasteiger partial charge in [-0.05, 0) is 43.2 Å². The fraction of sp³-hybridized carbons (Fsp3) is 0.538. The van der Waals surface area contributed by atoms with Crippen LogP contribution in [0.4, 0.5) is 0 Å². The summed E-state index contributed by atoms with van der Waals surface area (Å²) < 4.78 is 1.12. The second-order valence-corrected chi connectivity index (χ2v) is 5.58. The average molecular weight is 283 g/mol. The van der Waals surface area contributed by atoms with E-state index in [2.05, 4.69) is 34.1 Å². The molecule has 0 spiro atoms. The Hall–Kier alpha value is -0.380. The van der Waals surface area contributed by atoms with Crippen LogP contribution in [0, 0.1) is 5.92 Å². The monoisotopic (exact) mass is 282 g/mol. The highest BCUT2D eigenvalue weighted by atomic mass is 79.9. The van der Waals surface area contributed by atoms with Gasteiger partial charge in [0.05, 0.1) is 0 Å². The van der Waals surface area contributed by atoms with E-state index in [0.717, 1.165) is 30.2 Å². The second kappa shape index (κ2) is 5.30. The van der Waals surface area contributed by atoms with E-state index in [9.17, 15) is 0 Å². The smallest absolute Gasteiger partial charge is 0.0334 e. The van der Waals surface area contributed by atoms with Crippen molar-refractivity contribution in [2.45, 2.75) is 37.8 Å². The Labute approximate surface area is 106 Å². The molecule has 1 unspecified atom stereocenters. The molecule has 0 saturated heterocycles. The Morgan fingerprint density at radius 2 is 1.75 bits per heavy atom. The summed E-state index contributed by atoms with van der Waals surface area (Å²) in [5.41, 5.74) is 13.5. The molecule has 16 heavy (non-hydrogen) atoms. The first-order chi connectivity index (χ1) is 7.68. The standard InChI is InChI=1S/C13H19BrN2/c14-12-4-2-1-3-11(12)13(16)9-5-7-10(15)8-6-9/h1-4,9-10,13H,5-8,15-16H2. The fourth-order valence-electron chi connectivity index (χ4n) is 2.50. The van der Waals surface area contributed by atoms with Crippen molar-refractivity contribution in [3.63, 3.8) is 0 Å². The lowest BCUT2D eigenvalue weighted by molar-refractivity contribution is 0.284. The quantitative estimate of drug-likeness (QED) is 0.876. The summed E-state index contributed by atoms with van der Waals surface area (Å²) in [5, 5.41) is 0. The zero-order chi connectivity index (χ0) is 11.5. The lowest BCUT2D eigenvalue weighted by Crippen LogP contribution is -2.31. The molecule has 0 amide bonds. The first-order valence-corrected chi connectivity index (χ1v) is 6.73. The van der Waals surface area contributed by atoms with Gasteiger partial charge in [-0.2, -0.15) is 0 Å². The Balaban J connectivity index is 2.07. The fourth-order valence-corrected chi connectivity index (χ4v) is 3.05. The number of nitrogens with two attached hydrogens (primary N) is 2. The Morgan fingerprint density at radius 1 is 1.12 bits per heavy atom. The van der Waals surface area contributed by atoms with E-state index < -0.39 is 0 Å². The highest BCUT2D eigenvalue weighted by Gasteiger charge is 2.25. The molecular weight excluding hydrogens is 264 g/mol. The molecule has 4 N–H and O–H groups in total. The van der Waals surface area contributed by atoms with E-state index in [-0.39, 0.29) is 6.04 Å². The summed E-state index contributed by atoms with van der Waals surface area (Å²) in [4.78, 5) is 0. The summed E-state index contributed by atoms with van der Waals surface area (Å²) in [7, 11) is 0. The van der Waals surface area contributed by atoms with Crippen LogP contribution in [-0.2, 0) is 0 Å². The molecule has 1 aromatic rings. The van der Waals surface area contributed by atoms with Crippen molar-refractivity contribution in [2.75, 3.05) is 0 Å². The normalized spacial score (nSPS) is 27.7. The van der Waals surface area contributed by atoms with Gasteiger partial charge < -0.3 is 11.5 Å². The highest BCUT2D eigenvalue weighted by Crippen LogP contribution is 2.35. The molecule has 0 heterocycles. The van der Waals surface area contributed by atoms with Gasteiger partial charge >= 0.3 is 0 Å². The molecule has 1 fully saturated rings. The molecule has 3 heteroatoms. The predicted molar refractivity (Wildman–Crippen MR) is 71.0 cm³/mol. The third-order valence-corrected chi connectivity index (χ3v) is 4.31. The zero-order valence-electron chi connectivity index (χ0n) is 9.40. The summed E-state index contributed by atoms with van der Waals surface area (Å²) in [5.74, 6) is 0.582. The van der Waals surface area contributed by atoms with Crippen LogP contribution < -0.4 is 11.5 Å². The van der Waals surface area contributed by atoms with E-state index in [4.69, 9.17) is 11.5 Å². The molecule has 0 aromatic heterocycles. The third kappa shape index (κ3) is 2.65. The van der Waals surface area contributed by atoms with Crippen molar-refractivity contribution < 1.29 is 0 Å². The van der Waals surface area contributed by atoms with Gasteiger partial charge in [0.1, 0.15) is 0 Å². The second-order valence-electron chi connectivity index (χ2n) is 4.72. The van der Waals surface area contributed by atoms with Gasteiger partial charge in [-0.1, -0.05) is 34.1 Å². The zero-order valence-corrected chi connectivity index (χ0v) is 11.0. The van der Waals surface area contributed by atoms with Gasteiger partial charge in [-0.25, -0.2) is 0 Å². The van der Waals surface area contributed by atoms with Crippen molar-refractivity contribution in [3.05, 3.63) is 34.3 Å². The molecule has 2 nitrogen and oxygen atoms in total. The molecule has 1 atom stereocenters. The summed E-state index contributed by atoms with van der Waals surface area (Å²) in [6.45, 7) is 0. The number of hydrogen-bond donors (Lipinski definition) is 2. The van der Waals surface area contributed by atoms with Gasteiger partial charge in [0.25, 0.3) is 0 Å². The molecule has 0 aliphatic heterocycles. The van der Waals surface area contributed by atoms with Crippen LogP contribution in [0.15, 0.2) is 28.7 Å². The van der Waals surface area contributed by atoms with Crippen molar-refractivity contribution >= 4 is 15.9 Å². The lowest BCUT2D eigenvalue weighted by Gasteiger charge is -2.31. The molecule has 2 rings (SSSR count). The largest absolute Gasteiger partial charge is 0.328 e. The van der Waals surface area contributed by atoms with Gasteiger partial charge in [-0.15, -0.1) is 0 Å². The van der Waals surface area contributed by atoms with E-state index in [0.29, 0.717) is 12.0 Å². The molecule has 1 saturated carbocycles. The molecular formula is C13H19BrN2. The maximum Gasteiger partial charge on any atom is 0.0334 e. The molecule has 0 radical (unpaired) electrons. The topological polar surface area (TPSA) is 52.0 Å². The summed E-state index contributed by atoms with van der Waals surface area (Å²) in [6.07, 6.45) is 4.54.